The molecule has 0 radical (unpaired) electrons. The molecule has 2 aliphatic rings. The van der Waals surface area contributed by atoms with Crippen LogP contribution in [0.3, 0.4) is 0 Å². The first-order chi connectivity index (χ1) is 13.1. The van der Waals surface area contributed by atoms with E-state index in [4.69, 9.17) is 9.47 Å². The lowest BCUT2D eigenvalue weighted by atomic mass is 10.1. The Morgan fingerprint density at radius 1 is 0.889 bits per heavy atom. The van der Waals surface area contributed by atoms with Gasteiger partial charge in [-0.1, -0.05) is 6.07 Å². The van der Waals surface area contributed by atoms with Gasteiger partial charge in [-0.2, -0.15) is 0 Å². The number of ether oxygens (including phenoxy) is 2. The van der Waals surface area contributed by atoms with Crippen molar-refractivity contribution in [1.29, 1.82) is 0 Å². The van der Waals surface area contributed by atoms with Crippen molar-refractivity contribution in [1.82, 2.24) is 14.4 Å². The summed E-state index contributed by atoms with van der Waals surface area (Å²) >= 11 is 0. The lowest BCUT2D eigenvalue weighted by molar-refractivity contribution is 0.0708. The highest BCUT2D eigenvalue weighted by atomic mass is 16.6. The molecule has 3 heterocycles. The summed E-state index contributed by atoms with van der Waals surface area (Å²) in [6.45, 7) is 3.20. The van der Waals surface area contributed by atoms with Crippen molar-refractivity contribution < 1.29 is 19.1 Å². The predicted octanol–water partition coefficient (Wildman–Crippen LogP) is 1.78. The van der Waals surface area contributed by atoms with Gasteiger partial charge in [-0.3, -0.25) is 9.59 Å². The summed E-state index contributed by atoms with van der Waals surface area (Å²) in [5.74, 6) is 1.06. The molecule has 4 rings (SSSR count). The van der Waals surface area contributed by atoms with Crippen LogP contribution in [0.4, 0.5) is 0 Å². The van der Waals surface area contributed by atoms with E-state index in [-0.39, 0.29) is 11.8 Å². The monoisotopic (exact) mass is 369 g/mol. The molecule has 1 aromatic heterocycles. The van der Waals surface area contributed by atoms with Crippen LogP contribution >= 0.6 is 0 Å². The molecule has 1 aromatic carbocycles. The van der Waals surface area contributed by atoms with Crippen LogP contribution in [0.2, 0.25) is 0 Å². The largest absolute Gasteiger partial charge is 0.486 e. The van der Waals surface area contributed by atoms with Crippen LogP contribution in [0.1, 0.15) is 27.3 Å². The van der Waals surface area contributed by atoms with Crippen molar-refractivity contribution >= 4 is 11.8 Å². The van der Waals surface area contributed by atoms with Gasteiger partial charge in [-0.05, 0) is 30.7 Å². The average molecular weight is 369 g/mol. The highest BCUT2D eigenvalue weighted by Gasteiger charge is 2.27. The second kappa shape index (κ2) is 7.34. The molecule has 7 nitrogen and oxygen atoms in total. The molecule has 27 heavy (non-hydrogen) atoms. The fourth-order valence-electron chi connectivity index (χ4n) is 3.58. The second-order valence-electron chi connectivity index (χ2n) is 6.77. The first-order valence-electron chi connectivity index (χ1n) is 9.23. The summed E-state index contributed by atoms with van der Waals surface area (Å²) in [5.41, 5.74) is 1.19. The summed E-state index contributed by atoms with van der Waals surface area (Å²) in [7, 11) is 1.86. The summed E-state index contributed by atoms with van der Waals surface area (Å²) in [4.78, 5) is 29.4. The van der Waals surface area contributed by atoms with Crippen LogP contribution in [-0.4, -0.2) is 65.6 Å². The number of amides is 2. The van der Waals surface area contributed by atoms with Crippen molar-refractivity contribution in [2.24, 2.45) is 7.05 Å². The van der Waals surface area contributed by atoms with Crippen molar-refractivity contribution in [2.75, 3.05) is 39.4 Å². The molecular weight excluding hydrogens is 346 g/mol. The number of aryl methyl sites for hydroxylation is 1. The number of hydrogen-bond donors (Lipinski definition) is 0. The molecular formula is C20H23N3O4. The molecule has 2 aromatic rings. The van der Waals surface area contributed by atoms with Crippen molar-refractivity contribution in [3.63, 3.8) is 0 Å². The molecule has 0 N–H and O–H groups in total. The molecule has 1 saturated heterocycles. The quantitative estimate of drug-likeness (QED) is 0.810. The van der Waals surface area contributed by atoms with Gasteiger partial charge < -0.3 is 23.8 Å². The predicted molar refractivity (Wildman–Crippen MR) is 99.3 cm³/mol. The highest BCUT2D eigenvalue weighted by molar-refractivity contribution is 5.98. The Bertz CT molecular complexity index is 861. The van der Waals surface area contributed by atoms with E-state index in [9.17, 15) is 9.59 Å². The fourth-order valence-corrected chi connectivity index (χ4v) is 3.58. The number of para-hydroxylation sites is 1. The van der Waals surface area contributed by atoms with Crippen LogP contribution < -0.4 is 9.47 Å². The molecule has 2 aliphatic heterocycles. The van der Waals surface area contributed by atoms with Gasteiger partial charge >= 0.3 is 0 Å². The molecule has 0 aliphatic carbocycles. The highest BCUT2D eigenvalue weighted by Crippen LogP contribution is 2.34. The molecule has 0 spiro atoms. The van der Waals surface area contributed by atoms with Crippen LogP contribution in [0, 0.1) is 0 Å². The van der Waals surface area contributed by atoms with E-state index >= 15 is 0 Å². The van der Waals surface area contributed by atoms with E-state index in [1.54, 1.807) is 11.0 Å². The number of carbonyl (C=O) groups is 2. The Kier molecular flexibility index (Phi) is 4.75. The number of fused-ring (bicyclic) bond motifs is 1. The standard InChI is InChI=1S/C20H23N3O4/c1-21-8-3-6-16(21)20(25)23-10-4-9-22(11-12-23)19(24)15-5-2-7-17-18(15)27-14-13-26-17/h2-3,5-8H,4,9-14H2,1H3. The second-order valence-corrected chi connectivity index (χ2v) is 6.77. The summed E-state index contributed by atoms with van der Waals surface area (Å²) < 4.78 is 13.1. The lowest BCUT2D eigenvalue weighted by Gasteiger charge is -2.25. The number of carbonyl (C=O) groups excluding carboxylic acids is 2. The Labute approximate surface area is 158 Å². The molecule has 2 amide bonds. The molecule has 0 saturated carbocycles. The van der Waals surface area contributed by atoms with Gasteiger partial charge in [0.05, 0.1) is 5.56 Å². The maximum atomic E-state index is 13.1. The molecule has 0 unspecified atom stereocenters. The third-order valence-electron chi connectivity index (χ3n) is 5.03. The Morgan fingerprint density at radius 2 is 1.63 bits per heavy atom. The van der Waals surface area contributed by atoms with E-state index in [2.05, 4.69) is 0 Å². The molecule has 142 valence electrons. The smallest absolute Gasteiger partial charge is 0.270 e. The third-order valence-corrected chi connectivity index (χ3v) is 5.03. The number of benzene rings is 1. The number of rotatable bonds is 2. The van der Waals surface area contributed by atoms with Crippen LogP contribution in [-0.2, 0) is 7.05 Å². The third kappa shape index (κ3) is 3.37. The minimum atomic E-state index is -0.0782. The number of aromatic nitrogens is 1. The minimum absolute atomic E-state index is 0.00521. The van der Waals surface area contributed by atoms with E-state index in [1.807, 2.05) is 47.0 Å². The van der Waals surface area contributed by atoms with E-state index in [0.717, 1.165) is 6.42 Å². The first-order valence-corrected chi connectivity index (χ1v) is 9.23. The molecule has 0 atom stereocenters. The summed E-state index contributed by atoms with van der Waals surface area (Å²) in [6, 6.07) is 9.08. The zero-order valence-corrected chi connectivity index (χ0v) is 15.4. The minimum Gasteiger partial charge on any atom is -0.486 e. The lowest BCUT2D eigenvalue weighted by Crippen LogP contribution is -2.38. The van der Waals surface area contributed by atoms with Crippen LogP contribution in [0.15, 0.2) is 36.5 Å². The van der Waals surface area contributed by atoms with Gasteiger partial charge in [0.15, 0.2) is 11.5 Å². The maximum Gasteiger partial charge on any atom is 0.270 e. The van der Waals surface area contributed by atoms with Crippen molar-refractivity contribution in [3.8, 4) is 11.5 Å². The average Bonchev–Trinajstić information content (AvgIpc) is 2.98. The van der Waals surface area contributed by atoms with Crippen molar-refractivity contribution in [3.05, 3.63) is 47.8 Å². The van der Waals surface area contributed by atoms with Crippen molar-refractivity contribution in [2.45, 2.75) is 6.42 Å². The zero-order valence-electron chi connectivity index (χ0n) is 15.4. The first kappa shape index (κ1) is 17.5. The van der Waals surface area contributed by atoms with Crippen LogP contribution in [0.25, 0.3) is 0 Å². The topological polar surface area (TPSA) is 64.0 Å². The van der Waals surface area contributed by atoms with E-state index in [0.29, 0.717) is 62.1 Å². The summed E-state index contributed by atoms with van der Waals surface area (Å²) in [5, 5.41) is 0. The molecule has 7 heteroatoms. The van der Waals surface area contributed by atoms with Gasteiger partial charge in [-0.15, -0.1) is 0 Å². The van der Waals surface area contributed by atoms with Gasteiger partial charge in [0, 0.05) is 39.4 Å². The van der Waals surface area contributed by atoms with Gasteiger partial charge in [0.1, 0.15) is 18.9 Å². The fraction of sp³-hybridized carbons (Fsp3) is 0.400. The van der Waals surface area contributed by atoms with Gasteiger partial charge in [-0.25, -0.2) is 0 Å². The molecule has 1 fully saturated rings. The summed E-state index contributed by atoms with van der Waals surface area (Å²) in [6.07, 6.45) is 2.61. The Balaban J connectivity index is 1.48. The zero-order chi connectivity index (χ0) is 18.8. The van der Waals surface area contributed by atoms with E-state index < -0.39 is 0 Å². The molecule has 0 bridgehead atoms. The Morgan fingerprint density at radius 3 is 2.37 bits per heavy atom. The van der Waals surface area contributed by atoms with E-state index in [1.165, 1.54) is 0 Å². The Hall–Kier alpha value is -2.96. The number of hydrogen-bond acceptors (Lipinski definition) is 4. The normalized spacial score (nSPS) is 16.8. The van der Waals surface area contributed by atoms with Crippen LogP contribution in [0.5, 0.6) is 11.5 Å². The SMILES string of the molecule is Cn1cccc1C(=O)N1CCCN(C(=O)c2cccc3c2OCCO3)CC1. The maximum absolute atomic E-state index is 13.1. The van der Waals surface area contributed by atoms with Gasteiger partial charge in [0.25, 0.3) is 11.8 Å². The number of nitrogens with zero attached hydrogens (tertiary/aromatic N) is 3. The van der Waals surface area contributed by atoms with Gasteiger partial charge in [0.2, 0.25) is 0 Å².